The summed E-state index contributed by atoms with van der Waals surface area (Å²) in [6.07, 6.45) is 0. The summed E-state index contributed by atoms with van der Waals surface area (Å²) in [5.74, 6) is 6.27. The van der Waals surface area contributed by atoms with Gasteiger partial charge in [0.25, 0.3) is 0 Å². The number of rotatable bonds is 5. The predicted octanol–water partition coefficient (Wildman–Crippen LogP) is 4.53. The number of hydrogen-bond donors (Lipinski definition) is 0. The van der Waals surface area contributed by atoms with Crippen molar-refractivity contribution in [3.05, 3.63) is 60.2 Å². The predicted molar refractivity (Wildman–Crippen MR) is 108 cm³/mol. The van der Waals surface area contributed by atoms with E-state index < -0.39 is 28.4 Å². The molecular weight excluding hydrogens is 437 g/mol. The average Bonchev–Trinajstić information content (AvgIpc) is 2.54. The van der Waals surface area contributed by atoms with E-state index in [9.17, 15) is 8.42 Å². The minimum absolute atomic E-state index is 0.169. The van der Waals surface area contributed by atoms with E-state index >= 15 is 0 Å². The van der Waals surface area contributed by atoms with Gasteiger partial charge in [0.2, 0.25) is 0 Å². The standard InChI is InChI=1S/C17H16NO2S.3CH3.Sn/c1-3-4-14-18(16-8-6-5-7-9-16)21(19,20)17-12-10-15(2)11-13-17;;;;/h5-13H,1,14H2,2H3;3*1H3;. The third-order valence-corrected chi connectivity index (χ3v) is 8.94. The Balaban J connectivity index is 2.36. The molecule has 5 heteroatoms. The molecule has 0 bridgehead atoms. The normalized spacial score (nSPS) is 11.5. The number of para-hydroxylation sites is 1. The first-order valence-corrected chi connectivity index (χ1v) is 20.3. The van der Waals surface area contributed by atoms with Gasteiger partial charge in [0, 0.05) is 0 Å². The van der Waals surface area contributed by atoms with Crippen LogP contribution in [0.25, 0.3) is 0 Å². The maximum atomic E-state index is 13.1. The summed E-state index contributed by atoms with van der Waals surface area (Å²) in [4.78, 5) is 7.25. The first-order valence-electron chi connectivity index (χ1n) is 8.30. The van der Waals surface area contributed by atoms with Gasteiger partial charge in [-0.1, -0.05) is 0 Å². The molecule has 0 aliphatic rings. The van der Waals surface area contributed by atoms with Gasteiger partial charge in [0.15, 0.2) is 0 Å². The molecule has 0 saturated heterocycles. The van der Waals surface area contributed by atoms with E-state index in [4.69, 9.17) is 0 Å². The van der Waals surface area contributed by atoms with E-state index in [0.29, 0.717) is 10.6 Å². The van der Waals surface area contributed by atoms with Gasteiger partial charge in [-0.05, 0) is 0 Å². The van der Waals surface area contributed by atoms with Crippen LogP contribution in [0.4, 0.5) is 5.69 Å². The van der Waals surface area contributed by atoms with Gasteiger partial charge < -0.3 is 0 Å². The summed E-state index contributed by atoms with van der Waals surface area (Å²) in [6, 6.07) is 16.1. The van der Waals surface area contributed by atoms with Crippen LogP contribution in [0.2, 0.25) is 19.3 Å². The molecule has 0 aromatic heterocycles. The Bertz CT molecular complexity index is 858. The zero-order chi connectivity index (χ0) is 18.5. The second-order valence-corrected chi connectivity index (χ2v) is 24.7. The second kappa shape index (κ2) is 8.29. The summed E-state index contributed by atoms with van der Waals surface area (Å²) < 4.78 is 28.5. The summed E-state index contributed by atoms with van der Waals surface area (Å²) in [5.41, 5.74) is 1.67. The molecule has 0 N–H and O–H groups in total. The van der Waals surface area contributed by atoms with Crippen LogP contribution in [0, 0.1) is 18.8 Å². The molecule has 25 heavy (non-hydrogen) atoms. The van der Waals surface area contributed by atoms with E-state index in [2.05, 4.69) is 26.7 Å². The number of benzene rings is 2. The zero-order valence-corrected chi connectivity index (χ0v) is 19.0. The van der Waals surface area contributed by atoms with Crippen LogP contribution in [0.15, 0.2) is 59.5 Å². The van der Waals surface area contributed by atoms with Gasteiger partial charge in [-0.3, -0.25) is 0 Å². The van der Waals surface area contributed by atoms with Gasteiger partial charge in [-0.25, -0.2) is 0 Å². The fourth-order valence-corrected chi connectivity index (χ4v) is 5.44. The summed E-state index contributed by atoms with van der Waals surface area (Å²) in [6.45, 7) is 2.11. The molecule has 0 amide bonds. The fourth-order valence-electron chi connectivity index (χ4n) is 2.20. The second-order valence-electron chi connectivity index (χ2n) is 7.25. The van der Waals surface area contributed by atoms with Gasteiger partial charge >= 0.3 is 156 Å². The molecule has 0 unspecified atom stereocenters. The monoisotopic (exact) mass is 463 g/mol. The molecule has 2 rings (SSSR count). The van der Waals surface area contributed by atoms with Crippen molar-refractivity contribution >= 4 is 34.1 Å². The van der Waals surface area contributed by atoms with Gasteiger partial charge in [0.1, 0.15) is 0 Å². The summed E-state index contributed by atoms with van der Waals surface area (Å²) in [5, 5.41) is 0. The molecular formula is C20H25NO2SSn. The molecule has 132 valence electrons. The quantitative estimate of drug-likeness (QED) is 0.484. The third-order valence-electron chi connectivity index (χ3n) is 3.62. The van der Waals surface area contributed by atoms with Crippen molar-refractivity contribution in [2.75, 3.05) is 10.8 Å². The van der Waals surface area contributed by atoms with E-state index in [0.717, 1.165) is 10.0 Å². The van der Waals surface area contributed by atoms with E-state index in [1.54, 1.807) is 24.3 Å². The molecule has 0 fully saturated rings. The Labute approximate surface area is 156 Å². The Morgan fingerprint density at radius 3 is 2.08 bits per heavy atom. The van der Waals surface area contributed by atoms with Crippen molar-refractivity contribution in [2.24, 2.45) is 0 Å². The van der Waals surface area contributed by atoms with Gasteiger partial charge in [0.05, 0.1) is 0 Å². The van der Waals surface area contributed by atoms with Crippen molar-refractivity contribution < 1.29 is 8.42 Å². The average molecular weight is 462 g/mol. The molecule has 0 radical (unpaired) electrons. The number of hydrogen-bond acceptors (Lipinski definition) is 2. The van der Waals surface area contributed by atoms with Crippen molar-refractivity contribution in [3.63, 3.8) is 0 Å². The van der Waals surface area contributed by atoms with Crippen LogP contribution in [-0.2, 0) is 10.0 Å². The SMILES string of the molecule is Cc1ccc(S(=O)(=O)N(CC#C[CH2][Sn]([CH3])([CH3])[CH3])c2ccccc2)cc1. The first-order chi connectivity index (χ1) is 11.7. The molecule has 2 aromatic rings. The van der Waals surface area contributed by atoms with Crippen molar-refractivity contribution in [1.29, 1.82) is 0 Å². The number of sulfonamides is 1. The molecule has 0 aliphatic heterocycles. The molecule has 0 saturated carbocycles. The number of nitrogens with zero attached hydrogens (tertiary/aromatic N) is 1. The van der Waals surface area contributed by atoms with Crippen LogP contribution in [0.1, 0.15) is 5.56 Å². The zero-order valence-electron chi connectivity index (χ0n) is 15.3. The van der Waals surface area contributed by atoms with Crippen LogP contribution >= 0.6 is 0 Å². The van der Waals surface area contributed by atoms with Crippen LogP contribution in [0.5, 0.6) is 0 Å². The number of aryl methyl sites for hydroxylation is 1. The maximum absolute atomic E-state index is 13.1. The Hall–Kier alpha value is -1.45. The number of anilines is 1. The fraction of sp³-hybridized carbons (Fsp3) is 0.300. The molecule has 0 heterocycles. The van der Waals surface area contributed by atoms with E-state index in [1.807, 2.05) is 37.3 Å². The minimum atomic E-state index is -3.64. The molecule has 0 atom stereocenters. The molecule has 0 spiro atoms. The van der Waals surface area contributed by atoms with E-state index in [-0.39, 0.29) is 6.54 Å². The summed E-state index contributed by atoms with van der Waals surface area (Å²) >= 11 is -1.96. The summed E-state index contributed by atoms with van der Waals surface area (Å²) in [7, 11) is -3.64. The van der Waals surface area contributed by atoms with Crippen molar-refractivity contribution in [2.45, 2.75) is 31.1 Å². The molecule has 3 nitrogen and oxygen atoms in total. The Morgan fingerprint density at radius 2 is 1.52 bits per heavy atom. The van der Waals surface area contributed by atoms with Crippen molar-refractivity contribution in [3.8, 4) is 11.8 Å². The van der Waals surface area contributed by atoms with Crippen molar-refractivity contribution in [1.82, 2.24) is 0 Å². The van der Waals surface area contributed by atoms with Crippen LogP contribution < -0.4 is 4.31 Å². The van der Waals surface area contributed by atoms with E-state index in [1.165, 1.54) is 4.31 Å². The first kappa shape index (κ1) is 19.9. The topological polar surface area (TPSA) is 37.4 Å². The van der Waals surface area contributed by atoms with Crippen LogP contribution in [0.3, 0.4) is 0 Å². The van der Waals surface area contributed by atoms with Crippen LogP contribution in [-0.4, -0.2) is 33.3 Å². The Morgan fingerprint density at radius 1 is 0.920 bits per heavy atom. The molecule has 2 aromatic carbocycles. The Kier molecular flexibility index (Phi) is 6.58. The van der Waals surface area contributed by atoms with Gasteiger partial charge in [-0.15, -0.1) is 0 Å². The van der Waals surface area contributed by atoms with Gasteiger partial charge in [-0.2, -0.15) is 0 Å². The third kappa shape index (κ3) is 5.79. The molecule has 0 aliphatic carbocycles.